The number of hydrogen-bond acceptors (Lipinski definition) is 3. The van der Waals surface area contributed by atoms with Crippen molar-refractivity contribution in [1.29, 1.82) is 0 Å². The number of rotatable bonds is 6. The summed E-state index contributed by atoms with van der Waals surface area (Å²) in [6.45, 7) is 5.24. The average molecular weight is 282 g/mol. The molecule has 110 valence electrons. The molecule has 0 aromatic heterocycles. The second kappa shape index (κ2) is 6.70. The molecule has 0 aromatic rings. The third-order valence-electron chi connectivity index (χ3n) is 2.80. The molecule has 0 unspecified atom stereocenters. The summed E-state index contributed by atoms with van der Waals surface area (Å²) in [7, 11) is 0. The zero-order chi connectivity index (χ0) is 16.0. The Morgan fingerprint density at radius 3 is 1.10 bits per heavy atom. The number of carboxylic acid groups (broad SMARTS) is 3. The number of aliphatic carboxylic acids is 3. The van der Waals surface area contributed by atoms with Crippen LogP contribution in [0, 0.1) is 10.8 Å². The zero-order valence-corrected chi connectivity index (χ0v) is 11.5. The summed E-state index contributed by atoms with van der Waals surface area (Å²) in [5.41, 5.74) is -1.78. The fourth-order valence-corrected chi connectivity index (χ4v) is 1.54. The van der Waals surface area contributed by atoms with Crippen LogP contribution in [0.3, 0.4) is 0 Å². The minimum Gasteiger partial charge on any atom is -0.478 e. The topological polar surface area (TPSA) is 112 Å². The molecule has 20 heavy (non-hydrogen) atoms. The summed E-state index contributed by atoms with van der Waals surface area (Å²) >= 11 is 0. The molecule has 0 spiro atoms. The molecule has 0 radical (unpaired) electrons. The molecule has 0 fully saturated rings. The van der Waals surface area contributed by atoms with Gasteiger partial charge in [-0.2, -0.15) is 0 Å². The highest BCUT2D eigenvalue weighted by molar-refractivity contribution is 5.82. The first kappa shape index (κ1) is 17.6. The lowest BCUT2D eigenvalue weighted by Gasteiger charge is -2.38. The smallest absolute Gasteiger partial charge is 0.328 e. The highest BCUT2D eigenvalue weighted by Gasteiger charge is 2.35. The first-order valence-corrected chi connectivity index (χ1v) is 5.77. The van der Waals surface area contributed by atoms with Crippen molar-refractivity contribution in [2.24, 2.45) is 10.8 Å². The van der Waals surface area contributed by atoms with Crippen molar-refractivity contribution < 1.29 is 29.7 Å². The van der Waals surface area contributed by atoms with Gasteiger partial charge >= 0.3 is 17.9 Å². The second-order valence-electron chi connectivity index (χ2n) is 5.20. The minimum atomic E-state index is -1.20. The van der Waals surface area contributed by atoms with Crippen LogP contribution in [0.4, 0.5) is 0 Å². The first-order chi connectivity index (χ1) is 9.00. The molecule has 0 rings (SSSR count). The van der Waals surface area contributed by atoms with Gasteiger partial charge in [0.15, 0.2) is 0 Å². The van der Waals surface area contributed by atoms with E-state index in [1.807, 2.05) is 0 Å². The van der Waals surface area contributed by atoms with Crippen LogP contribution in [0.25, 0.3) is 0 Å². The SMILES string of the molecule is CC(C)(C)C(C=CC(=O)O)(C=CC(=O)O)C=CC(=O)O. The van der Waals surface area contributed by atoms with Crippen LogP contribution >= 0.6 is 0 Å². The van der Waals surface area contributed by atoms with E-state index in [4.69, 9.17) is 15.3 Å². The van der Waals surface area contributed by atoms with Crippen LogP contribution in [0.2, 0.25) is 0 Å². The van der Waals surface area contributed by atoms with Gasteiger partial charge in [0.2, 0.25) is 0 Å². The lowest BCUT2D eigenvalue weighted by Crippen LogP contribution is -2.31. The Kier molecular flexibility index (Phi) is 5.90. The van der Waals surface area contributed by atoms with Gasteiger partial charge in [-0.3, -0.25) is 0 Å². The normalized spacial score (nSPS) is 15.8. The molecule has 0 aliphatic carbocycles. The lowest BCUT2D eigenvalue weighted by molar-refractivity contribution is -0.132. The first-order valence-electron chi connectivity index (χ1n) is 5.77. The van der Waals surface area contributed by atoms with E-state index in [-0.39, 0.29) is 0 Å². The van der Waals surface area contributed by atoms with Crippen molar-refractivity contribution in [1.82, 2.24) is 0 Å². The molecule has 0 saturated heterocycles. The van der Waals surface area contributed by atoms with Crippen LogP contribution in [0.15, 0.2) is 36.5 Å². The fraction of sp³-hybridized carbons (Fsp3) is 0.357. The molecule has 6 nitrogen and oxygen atoms in total. The number of carbonyl (C=O) groups is 3. The Balaban J connectivity index is 5.96. The van der Waals surface area contributed by atoms with Crippen LogP contribution in [-0.4, -0.2) is 33.2 Å². The molecule has 0 saturated carbocycles. The van der Waals surface area contributed by atoms with Gasteiger partial charge in [0, 0.05) is 23.6 Å². The van der Waals surface area contributed by atoms with Crippen molar-refractivity contribution in [2.45, 2.75) is 20.8 Å². The van der Waals surface area contributed by atoms with Crippen LogP contribution in [-0.2, 0) is 14.4 Å². The van der Waals surface area contributed by atoms with Gasteiger partial charge < -0.3 is 15.3 Å². The molecule has 0 amide bonds. The molecular formula is C14H18O6. The van der Waals surface area contributed by atoms with E-state index in [9.17, 15) is 14.4 Å². The third kappa shape index (κ3) is 5.51. The monoisotopic (exact) mass is 282 g/mol. The molecule has 0 aromatic carbocycles. The Hall–Kier alpha value is -2.37. The fourth-order valence-electron chi connectivity index (χ4n) is 1.54. The van der Waals surface area contributed by atoms with Gasteiger partial charge in [-0.15, -0.1) is 0 Å². The molecule has 0 heterocycles. The van der Waals surface area contributed by atoms with Crippen molar-refractivity contribution in [3.63, 3.8) is 0 Å². The van der Waals surface area contributed by atoms with Crippen molar-refractivity contribution in [3.8, 4) is 0 Å². The molecule has 0 aliphatic rings. The van der Waals surface area contributed by atoms with E-state index >= 15 is 0 Å². The van der Waals surface area contributed by atoms with Crippen LogP contribution < -0.4 is 0 Å². The van der Waals surface area contributed by atoms with Gasteiger partial charge in [-0.05, 0) is 5.41 Å². The average Bonchev–Trinajstić information content (AvgIpc) is 2.25. The molecular weight excluding hydrogens is 264 g/mol. The van der Waals surface area contributed by atoms with E-state index in [1.165, 1.54) is 18.2 Å². The van der Waals surface area contributed by atoms with Gasteiger partial charge in [0.1, 0.15) is 0 Å². The Morgan fingerprint density at radius 2 is 0.950 bits per heavy atom. The van der Waals surface area contributed by atoms with Gasteiger partial charge in [0.05, 0.1) is 0 Å². The predicted molar refractivity (Wildman–Crippen MR) is 72.2 cm³/mol. The summed E-state index contributed by atoms with van der Waals surface area (Å²) in [6, 6.07) is 0. The van der Waals surface area contributed by atoms with E-state index in [2.05, 4.69) is 0 Å². The summed E-state index contributed by atoms with van der Waals surface area (Å²) in [5.74, 6) is -3.61. The Labute approximate surface area is 116 Å². The summed E-state index contributed by atoms with van der Waals surface area (Å²) < 4.78 is 0. The highest BCUT2D eigenvalue weighted by Crippen LogP contribution is 2.43. The zero-order valence-electron chi connectivity index (χ0n) is 11.5. The third-order valence-corrected chi connectivity index (χ3v) is 2.80. The maximum Gasteiger partial charge on any atom is 0.328 e. The molecule has 0 bridgehead atoms. The van der Waals surface area contributed by atoms with Crippen molar-refractivity contribution in [2.75, 3.05) is 0 Å². The number of hydrogen-bond donors (Lipinski definition) is 3. The van der Waals surface area contributed by atoms with E-state index in [1.54, 1.807) is 20.8 Å². The van der Waals surface area contributed by atoms with Crippen LogP contribution in [0.5, 0.6) is 0 Å². The Bertz CT molecular complexity index is 417. The van der Waals surface area contributed by atoms with Crippen molar-refractivity contribution >= 4 is 17.9 Å². The maximum atomic E-state index is 10.7. The van der Waals surface area contributed by atoms with Gasteiger partial charge in [-0.25, -0.2) is 14.4 Å². The van der Waals surface area contributed by atoms with Crippen molar-refractivity contribution in [3.05, 3.63) is 36.5 Å². The van der Waals surface area contributed by atoms with E-state index < -0.39 is 28.7 Å². The van der Waals surface area contributed by atoms with Gasteiger partial charge in [-0.1, -0.05) is 39.0 Å². The Morgan fingerprint density at radius 1 is 0.700 bits per heavy atom. The second-order valence-corrected chi connectivity index (χ2v) is 5.20. The van der Waals surface area contributed by atoms with E-state index in [0.717, 1.165) is 18.2 Å². The largest absolute Gasteiger partial charge is 0.478 e. The summed E-state index contributed by atoms with van der Waals surface area (Å²) in [4.78, 5) is 32.0. The molecule has 0 aliphatic heterocycles. The molecule has 6 heteroatoms. The molecule has 3 N–H and O–H groups in total. The number of allylic oxidation sites excluding steroid dienone is 3. The molecule has 0 atom stereocenters. The lowest BCUT2D eigenvalue weighted by atomic mass is 9.66. The summed E-state index contributed by atoms with van der Waals surface area (Å²) in [5, 5.41) is 26.2. The van der Waals surface area contributed by atoms with Crippen LogP contribution in [0.1, 0.15) is 20.8 Å². The quantitative estimate of drug-likeness (QED) is 0.642. The number of carboxylic acids is 3. The van der Waals surface area contributed by atoms with E-state index in [0.29, 0.717) is 0 Å². The maximum absolute atomic E-state index is 10.7. The van der Waals surface area contributed by atoms with Gasteiger partial charge in [0.25, 0.3) is 0 Å². The predicted octanol–water partition coefficient (Wildman–Crippen LogP) is 1.94. The summed E-state index contributed by atoms with van der Waals surface area (Å²) in [6.07, 6.45) is 6.41. The minimum absolute atomic E-state index is 0.628. The standard InChI is InChI=1S/C14H18O6/c1-13(2,3)14(7-4-10(15)16,8-5-11(17)18)9-6-12(19)20/h4-9H,1-3H3,(H,15,16)(H,17,18)(H,19,20). The highest BCUT2D eigenvalue weighted by atomic mass is 16.4.